The Labute approximate surface area is 209 Å². The lowest BCUT2D eigenvalue weighted by Gasteiger charge is -2.34. The fraction of sp³-hybridized carbons (Fsp3) is 0.296. The van der Waals surface area contributed by atoms with Crippen molar-refractivity contribution >= 4 is 17.5 Å². The summed E-state index contributed by atoms with van der Waals surface area (Å²) in [5, 5.41) is -0.815. The molecule has 0 aliphatic heterocycles. The number of halogens is 7. The zero-order chi connectivity index (χ0) is 26.1. The zero-order valence-corrected chi connectivity index (χ0v) is 19.8. The predicted molar refractivity (Wildman–Crippen MR) is 124 cm³/mol. The molecule has 0 unspecified atom stereocenters. The molecule has 1 saturated carbocycles. The topological polar surface area (TPSA) is 20.3 Å². The molecular weight excluding hydrogens is 504 g/mol. The monoisotopic (exact) mass is 525 g/mol. The van der Waals surface area contributed by atoms with E-state index in [0.29, 0.717) is 41.7 Å². The van der Waals surface area contributed by atoms with Crippen LogP contribution in [0.1, 0.15) is 51.9 Å². The molecule has 190 valence electrons. The number of rotatable bonds is 7. The van der Waals surface area contributed by atoms with Gasteiger partial charge >= 0.3 is 6.18 Å². The average molecular weight is 526 g/mol. The number of benzene rings is 3. The second kappa shape index (κ2) is 10.2. The molecule has 9 heteroatoms. The summed E-state index contributed by atoms with van der Waals surface area (Å²) >= 11 is 5.68. The van der Waals surface area contributed by atoms with Gasteiger partial charge in [0.15, 0.2) is 5.82 Å². The third-order valence-corrected chi connectivity index (χ3v) is 6.72. The van der Waals surface area contributed by atoms with E-state index >= 15 is 0 Å². The molecule has 4 rings (SSSR count). The van der Waals surface area contributed by atoms with Gasteiger partial charge in [0.1, 0.15) is 11.5 Å². The molecule has 2 nitrogen and oxygen atoms in total. The van der Waals surface area contributed by atoms with Gasteiger partial charge in [-0.15, -0.1) is 0 Å². The van der Waals surface area contributed by atoms with Crippen molar-refractivity contribution in [3.63, 3.8) is 0 Å². The molecule has 0 spiro atoms. The Morgan fingerprint density at radius 1 is 0.944 bits per heavy atom. The fourth-order valence-corrected chi connectivity index (χ4v) is 4.37. The van der Waals surface area contributed by atoms with Crippen LogP contribution in [-0.2, 0) is 24.8 Å². The lowest BCUT2D eigenvalue weighted by molar-refractivity contribution is -0.137. The Kier molecular flexibility index (Phi) is 7.36. The molecule has 1 aliphatic carbocycles. The fourth-order valence-electron chi connectivity index (χ4n) is 4.15. The van der Waals surface area contributed by atoms with Gasteiger partial charge in [-0.1, -0.05) is 48.0 Å². The van der Waals surface area contributed by atoms with Crippen LogP contribution in [0.3, 0.4) is 0 Å². The summed E-state index contributed by atoms with van der Waals surface area (Å²) in [5.74, 6) is -2.67. The van der Waals surface area contributed by atoms with E-state index in [9.17, 15) is 31.1 Å². The van der Waals surface area contributed by atoms with Crippen molar-refractivity contribution < 1.29 is 31.1 Å². The third-order valence-electron chi connectivity index (χ3n) is 6.45. The average Bonchev–Trinajstić information content (AvgIpc) is 2.82. The standard InChI is InChI=1S/C27H22ClF6NO/c28-23-15-20(27(32,33)34)14-22(24(23)30)25(36)35(13-10-17-4-8-21(29)9-5-17)16-18-2-6-19(7-3-18)26(31)11-1-12-26/h2-9,14-15H,1,10-13,16H2. The van der Waals surface area contributed by atoms with Crippen LogP contribution < -0.4 is 0 Å². The van der Waals surface area contributed by atoms with E-state index in [1.165, 1.54) is 29.2 Å². The molecule has 0 N–H and O–H groups in total. The van der Waals surface area contributed by atoms with Gasteiger partial charge in [0.2, 0.25) is 0 Å². The second-order valence-corrected chi connectivity index (χ2v) is 9.34. The van der Waals surface area contributed by atoms with Crippen molar-refractivity contribution in [2.75, 3.05) is 6.54 Å². The van der Waals surface area contributed by atoms with Gasteiger partial charge in [-0.2, -0.15) is 13.2 Å². The molecule has 0 heterocycles. The second-order valence-electron chi connectivity index (χ2n) is 8.94. The van der Waals surface area contributed by atoms with Gasteiger partial charge < -0.3 is 4.90 Å². The predicted octanol–water partition coefficient (Wildman–Crippen LogP) is 7.87. The highest BCUT2D eigenvalue weighted by Gasteiger charge is 2.38. The largest absolute Gasteiger partial charge is 0.416 e. The normalized spacial score (nSPS) is 14.9. The van der Waals surface area contributed by atoms with Gasteiger partial charge in [-0.3, -0.25) is 4.79 Å². The first kappa shape index (κ1) is 26.1. The van der Waals surface area contributed by atoms with E-state index in [1.54, 1.807) is 24.3 Å². The van der Waals surface area contributed by atoms with E-state index in [-0.39, 0.29) is 19.5 Å². The first-order valence-electron chi connectivity index (χ1n) is 11.3. The van der Waals surface area contributed by atoms with E-state index in [2.05, 4.69) is 0 Å². The summed E-state index contributed by atoms with van der Waals surface area (Å²) in [4.78, 5) is 14.5. The molecule has 36 heavy (non-hydrogen) atoms. The van der Waals surface area contributed by atoms with Crippen LogP contribution in [0.15, 0.2) is 60.7 Å². The number of alkyl halides is 4. The molecule has 0 saturated heterocycles. The molecule has 0 atom stereocenters. The summed E-state index contributed by atoms with van der Waals surface area (Å²) in [7, 11) is 0. The summed E-state index contributed by atoms with van der Waals surface area (Å²) < 4.78 is 82.6. The maximum atomic E-state index is 14.7. The van der Waals surface area contributed by atoms with Crippen molar-refractivity contribution in [2.45, 2.75) is 44.1 Å². The maximum Gasteiger partial charge on any atom is 0.416 e. The zero-order valence-electron chi connectivity index (χ0n) is 19.0. The van der Waals surface area contributed by atoms with Crippen molar-refractivity contribution in [2.24, 2.45) is 0 Å². The summed E-state index contributed by atoms with van der Waals surface area (Å²) in [6, 6.07) is 13.0. The Morgan fingerprint density at radius 2 is 1.56 bits per heavy atom. The number of amides is 1. The van der Waals surface area contributed by atoms with Gasteiger partial charge in [-0.05, 0) is 66.6 Å². The number of hydrogen-bond donors (Lipinski definition) is 0. The van der Waals surface area contributed by atoms with Crippen molar-refractivity contribution in [3.8, 4) is 0 Å². The Morgan fingerprint density at radius 3 is 2.11 bits per heavy atom. The lowest BCUT2D eigenvalue weighted by atomic mass is 9.77. The third kappa shape index (κ3) is 5.69. The van der Waals surface area contributed by atoms with Crippen LogP contribution in [0.2, 0.25) is 5.02 Å². The Hall–Kier alpha value is -3.00. The first-order valence-corrected chi connectivity index (χ1v) is 11.7. The van der Waals surface area contributed by atoms with Crippen LogP contribution in [-0.4, -0.2) is 17.4 Å². The van der Waals surface area contributed by atoms with Crippen LogP contribution in [0.25, 0.3) is 0 Å². The highest BCUT2D eigenvalue weighted by atomic mass is 35.5. The highest BCUT2D eigenvalue weighted by molar-refractivity contribution is 6.31. The van der Waals surface area contributed by atoms with Crippen molar-refractivity contribution in [3.05, 3.63) is 105 Å². The number of nitrogens with zero attached hydrogens (tertiary/aromatic N) is 1. The van der Waals surface area contributed by atoms with E-state index in [1.807, 2.05) is 0 Å². The molecular formula is C27H22ClF6NO. The van der Waals surface area contributed by atoms with Gasteiger partial charge in [-0.25, -0.2) is 13.2 Å². The Bertz CT molecular complexity index is 1240. The number of carbonyl (C=O) groups excluding carboxylic acids is 1. The molecule has 0 radical (unpaired) electrons. The van der Waals surface area contributed by atoms with Crippen molar-refractivity contribution in [1.82, 2.24) is 4.90 Å². The maximum absolute atomic E-state index is 14.7. The van der Waals surface area contributed by atoms with Crippen LogP contribution in [0.5, 0.6) is 0 Å². The SMILES string of the molecule is O=C(c1cc(C(F)(F)F)cc(Cl)c1F)N(CCc1ccc(F)cc1)Cc1ccc(C2(F)CCC2)cc1. The Balaban J connectivity index is 1.62. The molecule has 1 fully saturated rings. The van der Waals surface area contributed by atoms with E-state index in [4.69, 9.17) is 11.6 Å². The first-order chi connectivity index (χ1) is 17.0. The van der Waals surface area contributed by atoms with Crippen molar-refractivity contribution in [1.29, 1.82) is 0 Å². The minimum absolute atomic E-state index is 0.00652. The minimum Gasteiger partial charge on any atom is -0.334 e. The van der Waals surface area contributed by atoms with E-state index < -0.39 is 45.5 Å². The summed E-state index contributed by atoms with van der Waals surface area (Å²) in [6.45, 7) is -0.0561. The number of hydrogen-bond acceptors (Lipinski definition) is 1. The molecule has 1 amide bonds. The van der Waals surface area contributed by atoms with Gasteiger partial charge in [0.25, 0.3) is 5.91 Å². The number of carbonyl (C=O) groups is 1. The van der Waals surface area contributed by atoms with Gasteiger partial charge in [0.05, 0.1) is 16.1 Å². The van der Waals surface area contributed by atoms with Crippen LogP contribution in [0.4, 0.5) is 26.3 Å². The van der Waals surface area contributed by atoms with Gasteiger partial charge in [0, 0.05) is 13.1 Å². The quantitative estimate of drug-likeness (QED) is 0.287. The smallest absolute Gasteiger partial charge is 0.334 e. The summed E-state index contributed by atoms with van der Waals surface area (Å²) in [6.07, 6.45) is -2.92. The van der Waals surface area contributed by atoms with E-state index in [0.717, 1.165) is 6.42 Å². The molecule has 0 aromatic heterocycles. The van der Waals surface area contributed by atoms with Crippen LogP contribution >= 0.6 is 11.6 Å². The molecule has 1 aliphatic rings. The molecule has 3 aromatic rings. The van der Waals surface area contributed by atoms with Crippen LogP contribution in [0, 0.1) is 11.6 Å². The molecule has 0 bridgehead atoms. The lowest BCUT2D eigenvalue weighted by Crippen LogP contribution is -2.33. The summed E-state index contributed by atoms with van der Waals surface area (Å²) in [5.41, 5.74) is -1.62. The minimum atomic E-state index is -4.83. The molecule has 3 aromatic carbocycles. The highest BCUT2D eigenvalue weighted by Crippen LogP contribution is 2.45.